The zero-order valence-corrected chi connectivity index (χ0v) is 16.5. The molecule has 0 spiro atoms. The van der Waals surface area contributed by atoms with E-state index in [1.807, 2.05) is 0 Å². The maximum Gasteiger partial charge on any atom is 0.143 e. The maximum absolute atomic E-state index is 6.38. The van der Waals surface area contributed by atoms with Gasteiger partial charge in [0, 0.05) is 20.6 Å². The quantitative estimate of drug-likeness (QED) is 0.259. The molecule has 132 valence electrons. The van der Waals surface area contributed by atoms with Crippen LogP contribution >= 0.6 is 15.9 Å². The molecule has 5 aromatic carbocycles. The molecule has 0 radical (unpaired) electrons. The maximum atomic E-state index is 6.38. The largest absolute Gasteiger partial charge is 0.455 e. The van der Waals surface area contributed by atoms with Crippen LogP contribution < -0.4 is 0 Å². The van der Waals surface area contributed by atoms with E-state index in [1.54, 1.807) is 0 Å². The molecular formula is C26H15BrO. The molecule has 6 rings (SSSR count). The van der Waals surface area contributed by atoms with Crippen LogP contribution in [-0.2, 0) is 0 Å². The average Bonchev–Trinajstić information content (AvgIpc) is 3.13. The number of furan rings is 1. The molecule has 0 amide bonds. The monoisotopic (exact) mass is 422 g/mol. The summed E-state index contributed by atoms with van der Waals surface area (Å²) in [6.45, 7) is 0. The van der Waals surface area contributed by atoms with Gasteiger partial charge in [-0.25, -0.2) is 0 Å². The van der Waals surface area contributed by atoms with Crippen LogP contribution in [0.5, 0.6) is 0 Å². The third-order valence-corrected chi connectivity index (χ3v) is 6.05. The molecule has 0 unspecified atom stereocenters. The first-order valence-corrected chi connectivity index (χ1v) is 10.1. The van der Waals surface area contributed by atoms with Crippen molar-refractivity contribution in [1.82, 2.24) is 0 Å². The van der Waals surface area contributed by atoms with Gasteiger partial charge in [0.25, 0.3) is 0 Å². The molecule has 6 aromatic rings. The second kappa shape index (κ2) is 5.95. The third kappa shape index (κ3) is 2.25. The van der Waals surface area contributed by atoms with Gasteiger partial charge < -0.3 is 4.42 Å². The van der Waals surface area contributed by atoms with Gasteiger partial charge >= 0.3 is 0 Å². The minimum Gasteiger partial charge on any atom is -0.455 e. The summed E-state index contributed by atoms with van der Waals surface area (Å²) >= 11 is 3.55. The summed E-state index contributed by atoms with van der Waals surface area (Å²) < 4.78 is 7.46. The Morgan fingerprint density at radius 1 is 0.607 bits per heavy atom. The summed E-state index contributed by atoms with van der Waals surface area (Å²) in [6, 6.07) is 32.1. The van der Waals surface area contributed by atoms with Crippen molar-refractivity contribution in [1.29, 1.82) is 0 Å². The van der Waals surface area contributed by atoms with Crippen molar-refractivity contribution in [2.75, 3.05) is 0 Å². The number of benzene rings is 5. The summed E-state index contributed by atoms with van der Waals surface area (Å²) in [5.41, 5.74) is 4.33. The lowest BCUT2D eigenvalue weighted by atomic mass is 9.94. The van der Waals surface area contributed by atoms with Crippen molar-refractivity contribution in [2.45, 2.75) is 0 Å². The first kappa shape index (κ1) is 15.9. The van der Waals surface area contributed by atoms with Crippen LogP contribution in [0.4, 0.5) is 0 Å². The Kier molecular flexibility index (Phi) is 3.38. The van der Waals surface area contributed by atoms with Crippen molar-refractivity contribution < 1.29 is 4.42 Å². The van der Waals surface area contributed by atoms with Crippen LogP contribution in [0.2, 0.25) is 0 Å². The zero-order chi connectivity index (χ0) is 18.7. The molecule has 0 saturated carbocycles. The second-order valence-electron chi connectivity index (χ2n) is 7.12. The number of rotatable bonds is 1. The Morgan fingerprint density at radius 2 is 1.32 bits per heavy atom. The molecule has 1 nitrogen and oxygen atoms in total. The smallest absolute Gasteiger partial charge is 0.143 e. The van der Waals surface area contributed by atoms with Gasteiger partial charge in [0.2, 0.25) is 0 Å². The van der Waals surface area contributed by atoms with E-state index in [-0.39, 0.29) is 0 Å². The summed E-state index contributed by atoms with van der Waals surface area (Å²) in [4.78, 5) is 0. The highest BCUT2D eigenvalue weighted by atomic mass is 79.9. The fourth-order valence-electron chi connectivity index (χ4n) is 4.24. The van der Waals surface area contributed by atoms with Gasteiger partial charge in [-0.1, -0.05) is 82.7 Å². The lowest BCUT2D eigenvalue weighted by Crippen LogP contribution is -1.83. The van der Waals surface area contributed by atoms with Crippen molar-refractivity contribution in [2.24, 2.45) is 0 Å². The summed E-state index contributed by atoms with van der Waals surface area (Å²) in [5, 5.41) is 7.19. The Balaban J connectivity index is 1.84. The van der Waals surface area contributed by atoms with Crippen LogP contribution in [0.25, 0.3) is 54.6 Å². The Hall–Kier alpha value is -3.10. The van der Waals surface area contributed by atoms with Gasteiger partial charge in [0.05, 0.1) is 0 Å². The molecule has 2 heteroatoms. The SMILES string of the molecule is Brc1ccc(-c2cc3c(oc4ccc5ccccc5c43)c3ccccc23)cc1. The minimum absolute atomic E-state index is 0.937. The van der Waals surface area contributed by atoms with Crippen LogP contribution in [0.1, 0.15) is 0 Å². The van der Waals surface area contributed by atoms with E-state index in [9.17, 15) is 0 Å². The fourth-order valence-corrected chi connectivity index (χ4v) is 4.50. The molecule has 0 aliphatic carbocycles. The second-order valence-corrected chi connectivity index (χ2v) is 8.03. The van der Waals surface area contributed by atoms with Gasteiger partial charge in [-0.2, -0.15) is 0 Å². The van der Waals surface area contributed by atoms with Crippen molar-refractivity contribution in [3.8, 4) is 11.1 Å². The van der Waals surface area contributed by atoms with E-state index in [4.69, 9.17) is 4.42 Å². The number of hydrogen-bond acceptors (Lipinski definition) is 1. The van der Waals surface area contributed by atoms with E-state index < -0.39 is 0 Å². The molecule has 28 heavy (non-hydrogen) atoms. The topological polar surface area (TPSA) is 13.1 Å². The minimum atomic E-state index is 0.937. The summed E-state index contributed by atoms with van der Waals surface area (Å²) in [5.74, 6) is 0. The number of fused-ring (bicyclic) bond motifs is 7. The third-order valence-electron chi connectivity index (χ3n) is 5.52. The normalized spacial score (nSPS) is 11.8. The van der Waals surface area contributed by atoms with Gasteiger partial charge in [-0.3, -0.25) is 0 Å². The van der Waals surface area contributed by atoms with Gasteiger partial charge in [-0.15, -0.1) is 0 Å². The average molecular weight is 423 g/mol. The molecule has 0 bridgehead atoms. The lowest BCUT2D eigenvalue weighted by Gasteiger charge is -2.08. The first-order valence-electron chi connectivity index (χ1n) is 9.31. The van der Waals surface area contributed by atoms with Gasteiger partial charge in [-0.05, 0) is 51.6 Å². The summed E-state index contributed by atoms with van der Waals surface area (Å²) in [7, 11) is 0. The highest BCUT2D eigenvalue weighted by molar-refractivity contribution is 9.10. The Labute approximate surface area is 170 Å². The first-order chi connectivity index (χ1) is 13.8. The van der Waals surface area contributed by atoms with E-state index in [0.717, 1.165) is 21.0 Å². The molecule has 0 fully saturated rings. The number of hydrogen-bond donors (Lipinski definition) is 0. The van der Waals surface area contributed by atoms with Crippen LogP contribution in [0, 0.1) is 0 Å². The molecule has 1 aromatic heterocycles. The van der Waals surface area contributed by atoms with E-state index in [2.05, 4.69) is 107 Å². The number of halogens is 1. The molecule has 0 saturated heterocycles. The molecule has 0 aliphatic heterocycles. The lowest BCUT2D eigenvalue weighted by molar-refractivity contribution is 0.673. The van der Waals surface area contributed by atoms with Gasteiger partial charge in [0.15, 0.2) is 0 Å². The predicted octanol–water partition coefficient (Wildman–Crippen LogP) is 8.32. The molecule has 0 atom stereocenters. The highest BCUT2D eigenvalue weighted by Gasteiger charge is 2.16. The standard InChI is InChI=1S/C26H15BrO/c27-18-12-9-17(10-13-18)22-15-23-25-19-6-2-1-5-16(19)11-14-24(25)28-26(23)21-8-4-3-7-20(21)22/h1-15H. The Bertz CT molecular complexity index is 1510. The molecular weight excluding hydrogens is 408 g/mol. The fraction of sp³-hybridized carbons (Fsp3) is 0. The molecule has 0 N–H and O–H groups in total. The Morgan fingerprint density at radius 3 is 2.14 bits per heavy atom. The predicted molar refractivity (Wildman–Crippen MR) is 122 cm³/mol. The highest BCUT2D eigenvalue weighted by Crippen LogP contribution is 2.41. The van der Waals surface area contributed by atoms with Crippen molar-refractivity contribution in [3.63, 3.8) is 0 Å². The van der Waals surface area contributed by atoms with Crippen LogP contribution in [-0.4, -0.2) is 0 Å². The van der Waals surface area contributed by atoms with Crippen molar-refractivity contribution in [3.05, 3.63) is 95.5 Å². The zero-order valence-electron chi connectivity index (χ0n) is 14.9. The van der Waals surface area contributed by atoms with Crippen LogP contribution in [0.15, 0.2) is 99.9 Å². The molecule has 1 heterocycles. The van der Waals surface area contributed by atoms with E-state index in [1.165, 1.54) is 38.1 Å². The van der Waals surface area contributed by atoms with E-state index >= 15 is 0 Å². The van der Waals surface area contributed by atoms with Crippen LogP contribution in [0.3, 0.4) is 0 Å². The molecule has 0 aliphatic rings. The summed E-state index contributed by atoms with van der Waals surface area (Å²) in [6.07, 6.45) is 0. The van der Waals surface area contributed by atoms with E-state index in [0.29, 0.717) is 0 Å². The van der Waals surface area contributed by atoms with Gasteiger partial charge in [0.1, 0.15) is 11.2 Å². The van der Waals surface area contributed by atoms with Crippen molar-refractivity contribution >= 4 is 59.4 Å².